The van der Waals surface area contributed by atoms with Crippen LogP contribution in [0.2, 0.25) is 0 Å². The molecule has 3 aromatic rings. The lowest BCUT2D eigenvalue weighted by atomic mass is 9.89. The highest BCUT2D eigenvalue weighted by Crippen LogP contribution is 2.42. The second kappa shape index (κ2) is 7.48. The zero-order valence-corrected chi connectivity index (χ0v) is 15.6. The molecule has 1 aliphatic heterocycles. The monoisotopic (exact) mass is 378 g/mol. The number of benzene rings is 2. The fourth-order valence-corrected chi connectivity index (χ4v) is 4.06. The van der Waals surface area contributed by atoms with Crippen molar-refractivity contribution in [2.24, 2.45) is 5.73 Å². The molecule has 1 fully saturated rings. The summed E-state index contributed by atoms with van der Waals surface area (Å²) in [4.78, 5) is 24.7. The molecule has 0 radical (unpaired) electrons. The average molecular weight is 378 g/mol. The maximum absolute atomic E-state index is 12.5. The van der Waals surface area contributed by atoms with E-state index in [9.17, 15) is 9.59 Å². The summed E-state index contributed by atoms with van der Waals surface area (Å²) in [5.74, 6) is -0.832. The van der Waals surface area contributed by atoms with Gasteiger partial charge in [-0.1, -0.05) is 48.5 Å². The highest BCUT2D eigenvalue weighted by Gasteiger charge is 2.41. The molecule has 1 unspecified atom stereocenters. The van der Waals surface area contributed by atoms with Crippen LogP contribution in [-0.2, 0) is 9.53 Å². The maximum Gasteiger partial charge on any atom is 0.374 e. The SMILES string of the molecule is CCOC(=O)c1oc2ccccc2c1C1C[C@@H](c2ccccc2)[C@@H](C(N)=O)N1. The Bertz CT molecular complexity index is 1010. The number of hydrogen-bond donors (Lipinski definition) is 2. The molecule has 1 aromatic heterocycles. The standard InChI is InChI=1S/C22H22N2O4/c1-2-27-22(26)20-18(14-10-6-7-11-17(14)28-20)16-12-15(19(24-16)21(23)25)13-8-4-3-5-9-13/h3-11,15-16,19,24H,2,12H2,1H3,(H2,23,25)/t15-,16?,19-/m0/s1. The van der Waals surface area contributed by atoms with Crippen molar-refractivity contribution >= 4 is 22.8 Å². The topological polar surface area (TPSA) is 94.6 Å². The molecule has 2 aromatic carbocycles. The molecule has 28 heavy (non-hydrogen) atoms. The first-order valence-electron chi connectivity index (χ1n) is 9.39. The quantitative estimate of drug-likeness (QED) is 0.665. The van der Waals surface area contributed by atoms with Gasteiger partial charge in [-0.25, -0.2) is 4.79 Å². The number of amides is 1. The third kappa shape index (κ3) is 3.16. The van der Waals surface area contributed by atoms with E-state index in [4.69, 9.17) is 14.9 Å². The summed E-state index contributed by atoms with van der Waals surface area (Å²) >= 11 is 0. The highest BCUT2D eigenvalue weighted by atomic mass is 16.5. The van der Waals surface area contributed by atoms with Crippen molar-refractivity contribution in [3.63, 3.8) is 0 Å². The summed E-state index contributed by atoms with van der Waals surface area (Å²) in [5.41, 5.74) is 8.05. The number of ether oxygens (including phenoxy) is 1. The minimum Gasteiger partial charge on any atom is -0.460 e. The largest absolute Gasteiger partial charge is 0.460 e. The molecule has 3 atom stereocenters. The Morgan fingerprint density at radius 2 is 1.86 bits per heavy atom. The predicted molar refractivity (Wildman–Crippen MR) is 105 cm³/mol. The van der Waals surface area contributed by atoms with E-state index in [2.05, 4.69) is 5.32 Å². The molecule has 2 heterocycles. The minimum atomic E-state index is -0.531. The zero-order valence-electron chi connectivity index (χ0n) is 15.6. The Labute approximate surface area is 162 Å². The van der Waals surface area contributed by atoms with Gasteiger partial charge in [-0.15, -0.1) is 0 Å². The molecule has 144 valence electrons. The van der Waals surface area contributed by atoms with Crippen molar-refractivity contribution in [1.82, 2.24) is 5.32 Å². The van der Waals surface area contributed by atoms with Gasteiger partial charge in [-0.05, 0) is 25.0 Å². The molecule has 0 aliphatic carbocycles. The van der Waals surface area contributed by atoms with E-state index < -0.39 is 17.9 Å². The number of nitrogens with one attached hydrogen (secondary N) is 1. The molecule has 1 saturated heterocycles. The molecular formula is C22H22N2O4. The molecule has 6 nitrogen and oxygen atoms in total. The first-order chi connectivity index (χ1) is 13.6. The van der Waals surface area contributed by atoms with E-state index in [1.165, 1.54) is 0 Å². The van der Waals surface area contributed by atoms with Crippen LogP contribution < -0.4 is 11.1 Å². The second-order valence-electron chi connectivity index (χ2n) is 6.91. The van der Waals surface area contributed by atoms with E-state index in [1.54, 1.807) is 6.92 Å². The van der Waals surface area contributed by atoms with Crippen LogP contribution in [0.3, 0.4) is 0 Å². The first kappa shape index (κ1) is 18.3. The number of rotatable bonds is 5. The lowest BCUT2D eigenvalue weighted by molar-refractivity contribution is -0.120. The minimum absolute atomic E-state index is 0.0904. The van der Waals surface area contributed by atoms with Gasteiger partial charge >= 0.3 is 5.97 Å². The zero-order chi connectivity index (χ0) is 19.7. The van der Waals surface area contributed by atoms with Crippen LogP contribution in [0.4, 0.5) is 0 Å². The highest BCUT2D eigenvalue weighted by molar-refractivity contribution is 5.96. The van der Waals surface area contributed by atoms with Gasteiger partial charge in [0.2, 0.25) is 11.7 Å². The molecule has 4 rings (SSSR count). The van der Waals surface area contributed by atoms with Gasteiger partial charge in [0.15, 0.2) is 0 Å². The molecule has 0 bridgehead atoms. The fourth-order valence-electron chi connectivity index (χ4n) is 4.06. The normalized spacial score (nSPS) is 21.7. The number of furan rings is 1. The Hall–Kier alpha value is -3.12. The lowest BCUT2D eigenvalue weighted by Crippen LogP contribution is -2.40. The summed E-state index contributed by atoms with van der Waals surface area (Å²) in [6, 6.07) is 16.5. The van der Waals surface area contributed by atoms with Crippen molar-refractivity contribution in [1.29, 1.82) is 0 Å². The number of hydrogen-bond acceptors (Lipinski definition) is 5. The Morgan fingerprint density at radius 3 is 2.57 bits per heavy atom. The van der Waals surface area contributed by atoms with Crippen molar-refractivity contribution in [3.8, 4) is 0 Å². The summed E-state index contributed by atoms with van der Waals surface area (Å²) in [6.45, 7) is 2.01. The third-order valence-electron chi connectivity index (χ3n) is 5.25. The van der Waals surface area contributed by atoms with Crippen molar-refractivity contribution in [2.75, 3.05) is 6.61 Å². The van der Waals surface area contributed by atoms with Crippen LogP contribution in [0.5, 0.6) is 0 Å². The Morgan fingerprint density at radius 1 is 1.14 bits per heavy atom. The molecule has 1 amide bonds. The summed E-state index contributed by atoms with van der Waals surface area (Å²) in [7, 11) is 0. The smallest absolute Gasteiger partial charge is 0.374 e. The van der Waals surface area contributed by atoms with Gasteiger partial charge in [-0.3, -0.25) is 10.1 Å². The molecule has 6 heteroatoms. The second-order valence-corrected chi connectivity index (χ2v) is 6.91. The number of carbonyl (C=O) groups is 2. The number of nitrogens with two attached hydrogens (primary N) is 1. The van der Waals surface area contributed by atoms with Crippen molar-refractivity contribution in [3.05, 3.63) is 71.5 Å². The molecular weight excluding hydrogens is 356 g/mol. The lowest BCUT2D eigenvalue weighted by Gasteiger charge is -2.16. The van der Waals surface area contributed by atoms with E-state index in [0.717, 1.165) is 16.5 Å². The van der Waals surface area contributed by atoms with Crippen LogP contribution in [0.25, 0.3) is 11.0 Å². The van der Waals surface area contributed by atoms with Crippen LogP contribution in [0, 0.1) is 0 Å². The number of para-hydroxylation sites is 1. The summed E-state index contributed by atoms with van der Waals surface area (Å²) in [5, 5.41) is 4.16. The van der Waals surface area contributed by atoms with Crippen LogP contribution >= 0.6 is 0 Å². The van der Waals surface area contributed by atoms with E-state index in [1.807, 2.05) is 54.6 Å². The third-order valence-corrected chi connectivity index (χ3v) is 5.25. The molecule has 3 N–H and O–H groups in total. The molecule has 0 spiro atoms. The molecule has 1 aliphatic rings. The van der Waals surface area contributed by atoms with Gasteiger partial charge in [-0.2, -0.15) is 0 Å². The first-order valence-corrected chi connectivity index (χ1v) is 9.39. The molecule has 0 saturated carbocycles. The van der Waals surface area contributed by atoms with Gasteiger partial charge in [0.25, 0.3) is 0 Å². The van der Waals surface area contributed by atoms with Crippen LogP contribution in [0.1, 0.15) is 47.0 Å². The number of esters is 1. The number of carbonyl (C=O) groups excluding carboxylic acids is 2. The van der Waals surface area contributed by atoms with E-state index in [-0.39, 0.29) is 24.3 Å². The average Bonchev–Trinajstić information content (AvgIpc) is 3.30. The Kier molecular flexibility index (Phi) is 4.88. The van der Waals surface area contributed by atoms with Crippen LogP contribution in [0.15, 0.2) is 59.0 Å². The van der Waals surface area contributed by atoms with E-state index >= 15 is 0 Å². The van der Waals surface area contributed by atoms with E-state index in [0.29, 0.717) is 12.0 Å². The van der Waals surface area contributed by atoms with Crippen molar-refractivity contribution < 1.29 is 18.7 Å². The number of fused-ring (bicyclic) bond motifs is 1. The van der Waals surface area contributed by atoms with Crippen molar-refractivity contribution in [2.45, 2.75) is 31.3 Å². The van der Waals surface area contributed by atoms with Crippen LogP contribution in [-0.4, -0.2) is 24.5 Å². The van der Waals surface area contributed by atoms with Gasteiger partial charge in [0.1, 0.15) is 5.58 Å². The van der Waals surface area contributed by atoms with Gasteiger partial charge in [0, 0.05) is 22.9 Å². The predicted octanol–water partition coefficient (Wildman–Crippen LogP) is 3.28. The van der Waals surface area contributed by atoms with Gasteiger partial charge < -0.3 is 14.9 Å². The fraction of sp³-hybridized carbons (Fsp3) is 0.273. The summed E-state index contributed by atoms with van der Waals surface area (Å²) in [6.07, 6.45) is 0.619. The number of primary amides is 1. The summed E-state index contributed by atoms with van der Waals surface area (Å²) < 4.78 is 11.0. The van der Waals surface area contributed by atoms with Gasteiger partial charge in [0.05, 0.1) is 12.6 Å². The Balaban J connectivity index is 1.78. The maximum atomic E-state index is 12.5.